The second-order valence-corrected chi connectivity index (χ2v) is 11.9. The zero-order chi connectivity index (χ0) is 21.9. The van der Waals surface area contributed by atoms with Crippen molar-refractivity contribution in [2.45, 2.75) is 106 Å². The van der Waals surface area contributed by atoms with Crippen LogP contribution in [0.5, 0.6) is 0 Å². The minimum absolute atomic E-state index is 0.244. The fraction of sp³-hybridized carbons (Fsp3) is 0.960. The molecule has 2 heterocycles. The Hall–Kier alpha value is -0.770. The molecule has 4 nitrogen and oxygen atoms in total. The molecule has 0 bridgehead atoms. The normalized spacial score (nSPS) is 19.6. The Morgan fingerprint density at radius 1 is 0.828 bits per heavy atom. The molecule has 2 rings (SSSR count). The van der Waals surface area contributed by atoms with Crippen LogP contribution in [0.4, 0.5) is 0 Å². The Labute approximate surface area is 182 Å². The molecule has 0 aliphatic carbocycles. The first-order valence-electron chi connectivity index (χ1n) is 12.3. The summed E-state index contributed by atoms with van der Waals surface area (Å²) < 4.78 is 0. The molecule has 4 heteroatoms. The van der Waals surface area contributed by atoms with E-state index in [2.05, 4.69) is 46.9 Å². The average molecular weight is 409 g/mol. The highest BCUT2D eigenvalue weighted by molar-refractivity contribution is 5.74. The molecule has 0 amide bonds. The lowest BCUT2D eigenvalue weighted by atomic mass is 9.85. The van der Waals surface area contributed by atoms with Crippen molar-refractivity contribution in [2.75, 3.05) is 26.2 Å². The summed E-state index contributed by atoms with van der Waals surface area (Å²) >= 11 is 0. The highest BCUT2D eigenvalue weighted by Gasteiger charge is 2.20. The zero-order valence-corrected chi connectivity index (χ0v) is 20.6. The van der Waals surface area contributed by atoms with Crippen LogP contribution in [0.3, 0.4) is 0 Å². The molecule has 0 saturated carbocycles. The molecule has 2 aliphatic rings. The molecule has 172 valence electrons. The number of rotatable bonds is 6. The van der Waals surface area contributed by atoms with E-state index in [1.165, 1.54) is 77.3 Å². The molecule has 0 spiro atoms. The van der Waals surface area contributed by atoms with Crippen molar-refractivity contribution in [2.24, 2.45) is 28.4 Å². The van der Waals surface area contributed by atoms with Crippen LogP contribution < -0.4 is 11.1 Å². The first kappa shape index (κ1) is 26.3. The van der Waals surface area contributed by atoms with E-state index in [9.17, 15) is 0 Å². The first-order valence-corrected chi connectivity index (χ1v) is 12.3. The summed E-state index contributed by atoms with van der Waals surface area (Å²) in [5.41, 5.74) is 6.49. The average Bonchev–Trinajstić information content (AvgIpc) is 2.61. The maximum Gasteiger partial charge on any atom is 0.188 e. The van der Waals surface area contributed by atoms with E-state index in [4.69, 9.17) is 11.1 Å². The summed E-state index contributed by atoms with van der Waals surface area (Å²) in [4.78, 5) is 1.99. The molecule has 0 aromatic carbocycles. The van der Waals surface area contributed by atoms with Gasteiger partial charge in [0.05, 0.1) is 0 Å². The van der Waals surface area contributed by atoms with Crippen molar-refractivity contribution in [3.05, 3.63) is 0 Å². The van der Waals surface area contributed by atoms with E-state index in [0.717, 1.165) is 24.9 Å². The van der Waals surface area contributed by atoms with Crippen molar-refractivity contribution in [1.29, 1.82) is 5.41 Å². The minimum atomic E-state index is 0.244. The summed E-state index contributed by atoms with van der Waals surface area (Å²) in [5, 5.41) is 10.8. The van der Waals surface area contributed by atoms with Gasteiger partial charge < -0.3 is 16.0 Å². The highest BCUT2D eigenvalue weighted by atomic mass is 15.2. The topological polar surface area (TPSA) is 65.1 Å². The van der Waals surface area contributed by atoms with Crippen LogP contribution in [-0.4, -0.2) is 37.0 Å². The monoisotopic (exact) mass is 408 g/mol. The van der Waals surface area contributed by atoms with Crippen molar-refractivity contribution >= 4 is 5.96 Å². The molecule has 29 heavy (non-hydrogen) atoms. The van der Waals surface area contributed by atoms with Crippen LogP contribution in [0.15, 0.2) is 0 Å². The lowest BCUT2D eigenvalue weighted by molar-refractivity contribution is 0.239. The fourth-order valence-electron chi connectivity index (χ4n) is 4.48. The van der Waals surface area contributed by atoms with Gasteiger partial charge in [-0.15, -0.1) is 0 Å². The molecule has 0 aromatic heterocycles. The highest BCUT2D eigenvalue weighted by Crippen LogP contribution is 2.27. The maximum atomic E-state index is 7.38. The first-order chi connectivity index (χ1) is 13.5. The maximum absolute atomic E-state index is 7.38. The van der Waals surface area contributed by atoms with Gasteiger partial charge in [-0.1, -0.05) is 67.2 Å². The van der Waals surface area contributed by atoms with Gasteiger partial charge in [0.15, 0.2) is 5.96 Å². The third kappa shape index (κ3) is 14.0. The molecule has 0 atom stereocenters. The van der Waals surface area contributed by atoms with Gasteiger partial charge >= 0.3 is 0 Å². The third-order valence-corrected chi connectivity index (χ3v) is 6.49. The van der Waals surface area contributed by atoms with Crippen LogP contribution in [0.25, 0.3) is 0 Å². The minimum Gasteiger partial charge on any atom is -0.370 e. The molecular weight excluding hydrogens is 356 g/mol. The Morgan fingerprint density at radius 3 is 1.62 bits per heavy atom. The second kappa shape index (κ2) is 12.8. The quantitative estimate of drug-likeness (QED) is 0.372. The molecule has 0 unspecified atom stereocenters. The summed E-state index contributed by atoms with van der Waals surface area (Å²) in [6, 6.07) is 0. The van der Waals surface area contributed by atoms with Gasteiger partial charge in [0.2, 0.25) is 0 Å². The summed E-state index contributed by atoms with van der Waals surface area (Å²) in [6.45, 7) is 18.4. The summed E-state index contributed by atoms with van der Waals surface area (Å²) in [5.74, 6) is 2.12. The van der Waals surface area contributed by atoms with Gasteiger partial charge in [-0.2, -0.15) is 0 Å². The number of piperidine rings is 2. The predicted octanol–water partition coefficient (Wildman–Crippen LogP) is 6.01. The van der Waals surface area contributed by atoms with Gasteiger partial charge in [-0.3, -0.25) is 5.41 Å². The molecule has 2 aliphatic heterocycles. The van der Waals surface area contributed by atoms with Crippen molar-refractivity contribution < 1.29 is 0 Å². The largest absolute Gasteiger partial charge is 0.370 e. The second-order valence-electron chi connectivity index (χ2n) is 11.9. The Balaban J connectivity index is 0.000000296. The molecule has 0 aromatic rings. The van der Waals surface area contributed by atoms with Crippen LogP contribution in [0.2, 0.25) is 0 Å². The van der Waals surface area contributed by atoms with E-state index in [1.807, 2.05) is 4.90 Å². The Morgan fingerprint density at radius 2 is 1.24 bits per heavy atom. The lowest BCUT2D eigenvalue weighted by Gasteiger charge is -2.32. The molecular formula is C25H52N4. The van der Waals surface area contributed by atoms with Crippen LogP contribution in [-0.2, 0) is 0 Å². The van der Waals surface area contributed by atoms with E-state index < -0.39 is 0 Å². The fourth-order valence-corrected chi connectivity index (χ4v) is 4.48. The van der Waals surface area contributed by atoms with Gasteiger partial charge in [0.25, 0.3) is 0 Å². The predicted molar refractivity (Wildman–Crippen MR) is 128 cm³/mol. The third-order valence-electron chi connectivity index (χ3n) is 6.49. The molecule has 0 radical (unpaired) electrons. The SMILES string of the molecule is CC(C)(C)CCCC1CCN(C(=N)N)CC1.CC(C)(C)CCCC1CCNCC1. The molecule has 4 N–H and O–H groups in total. The van der Waals surface area contributed by atoms with Crippen molar-refractivity contribution in [1.82, 2.24) is 10.2 Å². The van der Waals surface area contributed by atoms with Gasteiger partial charge in [0.1, 0.15) is 0 Å². The number of hydrogen-bond acceptors (Lipinski definition) is 2. The smallest absolute Gasteiger partial charge is 0.188 e. The van der Waals surface area contributed by atoms with Crippen LogP contribution in [0, 0.1) is 28.1 Å². The zero-order valence-electron chi connectivity index (χ0n) is 20.6. The number of guanidine groups is 1. The van der Waals surface area contributed by atoms with E-state index in [0.29, 0.717) is 10.8 Å². The Bertz CT molecular complexity index is 433. The number of nitrogens with one attached hydrogen (secondary N) is 2. The van der Waals surface area contributed by atoms with Crippen LogP contribution in [0.1, 0.15) is 106 Å². The number of hydrogen-bond donors (Lipinski definition) is 3. The van der Waals surface area contributed by atoms with E-state index >= 15 is 0 Å². The lowest BCUT2D eigenvalue weighted by Crippen LogP contribution is -2.42. The van der Waals surface area contributed by atoms with Crippen LogP contribution >= 0.6 is 0 Å². The number of nitrogens with zero attached hydrogens (tertiary/aromatic N) is 1. The van der Waals surface area contributed by atoms with Gasteiger partial charge in [-0.05, 0) is 74.3 Å². The summed E-state index contributed by atoms with van der Waals surface area (Å²) in [7, 11) is 0. The Kier molecular flexibility index (Phi) is 11.6. The standard InChI is InChI=1S/C13H27N3.C12H25N/c1-13(2,3)8-4-5-11-6-9-16(10-7-11)12(14)15;1-12(2,3)8-4-5-11-6-9-13-10-7-11/h11H,4-10H2,1-3H3,(H3,14,15);11,13H,4-10H2,1-3H3. The molecule has 2 fully saturated rings. The molecule has 2 saturated heterocycles. The van der Waals surface area contributed by atoms with Crippen molar-refractivity contribution in [3.63, 3.8) is 0 Å². The van der Waals surface area contributed by atoms with Gasteiger partial charge in [-0.25, -0.2) is 0 Å². The number of likely N-dealkylation sites (tertiary alicyclic amines) is 1. The number of nitrogens with two attached hydrogens (primary N) is 1. The van der Waals surface area contributed by atoms with E-state index in [-0.39, 0.29) is 5.96 Å². The van der Waals surface area contributed by atoms with E-state index in [1.54, 1.807) is 0 Å². The van der Waals surface area contributed by atoms with Crippen molar-refractivity contribution in [3.8, 4) is 0 Å². The van der Waals surface area contributed by atoms with Gasteiger partial charge in [0, 0.05) is 13.1 Å². The summed E-state index contributed by atoms with van der Waals surface area (Å²) in [6.07, 6.45) is 13.5.